The number of halogens is 2. The normalized spacial score (nSPS) is 15.1. The lowest BCUT2D eigenvalue weighted by atomic mass is 10.1. The van der Waals surface area contributed by atoms with Crippen LogP contribution in [0.15, 0.2) is 53.0 Å². The van der Waals surface area contributed by atoms with Crippen molar-refractivity contribution in [2.75, 3.05) is 24.9 Å². The molecule has 0 bridgehead atoms. The van der Waals surface area contributed by atoms with E-state index < -0.39 is 34.5 Å². The van der Waals surface area contributed by atoms with Crippen LogP contribution in [-0.4, -0.2) is 62.2 Å². The van der Waals surface area contributed by atoms with Gasteiger partial charge in [0.1, 0.15) is 18.4 Å². The summed E-state index contributed by atoms with van der Waals surface area (Å²) in [6.07, 6.45) is 3.91. The van der Waals surface area contributed by atoms with Crippen molar-refractivity contribution in [2.45, 2.75) is 51.2 Å². The summed E-state index contributed by atoms with van der Waals surface area (Å²) < 4.78 is 42.5. The predicted molar refractivity (Wildman–Crippen MR) is 141 cm³/mol. The molecule has 1 saturated carbocycles. The van der Waals surface area contributed by atoms with Crippen LogP contribution in [0.25, 0.3) is 0 Å². The minimum Gasteiger partial charge on any atom is -0.352 e. The van der Waals surface area contributed by atoms with Crippen molar-refractivity contribution in [1.29, 1.82) is 0 Å². The second-order valence-electron chi connectivity index (χ2n) is 9.09. The molecule has 11 heteroatoms. The Bertz CT molecular complexity index is 1150. The van der Waals surface area contributed by atoms with Crippen LogP contribution >= 0.6 is 15.9 Å². The number of hydrogen-bond donors (Lipinski definition) is 1. The number of amides is 2. The van der Waals surface area contributed by atoms with Crippen LogP contribution in [0.5, 0.6) is 0 Å². The topological polar surface area (TPSA) is 90.0 Å². The van der Waals surface area contributed by atoms with E-state index in [-0.39, 0.29) is 24.2 Å². The fourth-order valence-electron chi connectivity index (χ4n) is 4.09. The van der Waals surface area contributed by atoms with Crippen LogP contribution in [0.4, 0.5) is 10.1 Å². The van der Waals surface area contributed by atoms with Crippen molar-refractivity contribution in [1.82, 2.24) is 14.5 Å². The number of nitrogens with zero attached hydrogens (tertiary/aromatic N) is 3. The number of nitrogens with one attached hydrogen (secondary N) is 1. The molecule has 0 heterocycles. The molecule has 1 aliphatic carbocycles. The zero-order chi connectivity index (χ0) is 26.5. The lowest BCUT2D eigenvalue weighted by molar-refractivity contribution is -0.139. The zero-order valence-electron chi connectivity index (χ0n) is 20.7. The molecule has 196 valence electrons. The third kappa shape index (κ3) is 7.04. The van der Waals surface area contributed by atoms with Crippen LogP contribution in [0.2, 0.25) is 0 Å². The average molecular weight is 584 g/mol. The summed E-state index contributed by atoms with van der Waals surface area (Å²) in [4.78, 5) is 28.1. The van der Waals surface area contributed by atoms with Gasteiger partial charge in [0.05, 0.1) is 5.69 Å². The minimum absolute atomic E-state index is 0.0782. The van der Waals surface area contributed by atoms with Gasteiger partial charge in [0, 0.05) is 31.2 Å². The molecule has 1 atom stereocenters. The van der Waals surface area contributed by atoms with Gasteiger partial charge in [-0.15, -0.1) is 0 Å². The molecule has 0 unspecified atom stereocenters. The first kappa shape index (κ1) is 28.1. The van der Waals surface area contributed by atoms with E-state index in [0.717, 1.165) is 56.5 Å². The third-order valence-corrected chi connectivity index (χ3v) is 8.62. The van der Waals surface area contributed by atoms with E-state index in [2.05, 4.69) is 21.2 Å². The molecular weight excluding hydrogens is 551 g/mol. The highest BCUT2D eigenvalue weighted by molar-refractivity contribution is 9.10. The van der Waals surface area contributed by atoms with E-state index in [4.69, 9.17) is 0 Å². The van der Waals surface area contributed by atoms with Crippen LogP contribution in [0, 0.1) is 5.82 Å². The second kappa shape index (κ2) is 12.2. The van der Waals surface area contributed by atoms with Gasteiger partial charge in [-0.05, 0) is 61.7 Å². The highest BCUT2D eigenvalue weighted by Gasteiger charge is 2.33. The van der Waals surface area contributed by atoms with Gasteiger partial charge >= 0.3 is 10.2 Å². The molecule has 36 heavy (non-hydrogen) atoms. The fraction of sp³-hybridized carbons (Fsp3) is 0.440. The molecule has 0 radical (unpaired) electrons. The van der Waals surface area contributed by atoms with Gasteiger partial charge in [0.2, 0.25) is 11.8 Å². The Balaban J connectivity index is 1.91. The van der Waals surface area contributed by atoms with E-state index in [9.17, 15) is 22.4 Å². The molecule has 0 spiro atoms. The number of carbonyl (C=O) groups is 2. The SMILES string of the molecule is C[C@H](C(=O)NC1CCCC1)N(Cc1ccc(Br)cc1)C(=O)CN(c1ccc(F)cc1)S(=O)(=O)N(C)C. The number of anilines is 1. The van der Waals surface area contributed by atoms with Gasteiger partial charge in [0.15, 0.2) is 0 Å². The van der Waals surface area contributed by atoms with Crippen molar-refractivity contribution in [2.24, 2.45) is 0 Å². The Morgan fingerprint density at radius 2 is 1.64 bits per heavy atom. The lowest BCUT2D eigenvalue weighted by Crippen LogP contribution is -2.53. The van der Waals surface area contributed by atoms with E-state index >= 15 is 0 Å². The van der Waals surface area contributed by atoms with Gasteiger partial charge in [-0.2, -0.15) is 12.7 Å². The summed E-state index contributed by atoms with van der Waals surface area (Å²) in [5.74, 6) is -1.36. The standard InChI is InChI=1S/C25H32BrFN4O4S/c1-18(25(33)28-22-6-4-5-7-22)30(16-19-8-10-20(26)11-9-19)24(32)17-31(36(34,35)29(2)3)23-14-12-21(27)13-15-23/h8-15,18,22H,4-7,16-17H2,1-3H3,(H,28,33)/t18-/m1/s1. The van der Waals surface area contributed by atoms with Crippen LogP contribution in [0.3, 0.4) is 0 Å². The van der Waals surface area contributed by atoms with E-state index in [0.29, 0.717) is 0 Å². The molecule has 1 aliphatic rings. The molecule has 1 fully saturated rings. The molecule has 8 nitrogen and oxygen atoms in total. The maximum atomic E-state index is 13.7. The Morgan fingerprint density at radius 3 is 2.19 bits per heavy atom. The lowest BCUT2D eigenvalue weighted by Gasteiger charge is -2.33. The summed E-state index contributed by atoms with van der Waals surface area (Å²) in [7, 11) is -1.38. The van der Waals surface area contributed by atoms with Crippen molar-refractivity contribution in [3.8, 4) is 0 Å². The Morgan fingerprint density at radius 1 is 1.06 bits per heavy atom. The first-order valence-corrected chi connectivity index (χ1v) is 14.0. The molecule has 0 aromatic heterocycles. The summed E-state index contributed by atoms with van der Waals surface area (Å²) in [5.41, 5.74) is 0.931. The van der Waals surface area contributed by atoms with Crippen LogP contribution in [-0.2, 0) is 26.3 Å². The third-order valence-electron chi connectivity index (χ3n) is 6.27. The van der Waals surface area contributed by atoms with E-state index in [1.165, 1.54) is 31.1 Å². The van der Waals surface area contributed by atoms with E-state index in [1.807, 2.05) is 24.3 Å². The van der Waals surface area contributed by atoms with Gasteiger partial charge in [0.25, 0.3) is 0 Å². The van der Waals surface area contributed by atoms with Crippen LogP contribution in [0.1, 0.15) is 38.2 Å². The maximum Gasteiger partial charge on any atom is 0.304 e. The highest BCUT2D eigenvalue weighted by atomic mass is 79.9. The Labute approximate surface area is 220 Å². The molecule has 1 N–H and O–H groups in total. The quantitative estimate of drug-likeness (QED) is 0.462. The van der Waals surface area contributed by atoms with Crippen LogP contribution < -0.4 is 9.62 Å². The van der Waals surface area contributed by atoms with E-state index in [1.54, 1.807) is 6.92 Å². The smallest absolute Gasteiger partial charge is 0.304 e. The highest BCUT2D eigenvalue weighted by Crippen LogP contribution is 2.22. The van der Waals surface area contributed by atoms with Crippen molar-refractivity contribution >= 4 is 43.6 Å². The maximum absolute atomic E-state index is 13.7. The van der Waals surface area contributed by atoms with Gasteiger partial charge < -0.3 is 10.2 Å². The molecule has 2 aromatic rings. The second-order valence-corrected chi connectivity index (χ2v) is 12.1. The first-order chi connectivity index (χ1) is 17.0. The number of rotatable bonds is 10. The molecule has 0 aliphatic heterocycles. The molecule has 2 amide bonds. The average Bonchev–Trinajstić information content (AvgIpc) is 3.35. The number of hydrogen-bond acceptors (Lipinski definition) is 4. The molecule has 3 rings (SSSR count). The summed E-state index contributed by atoms with van der Waals surface area (Å²) in [6.45, 7) is 1.21. The van der Waals surface area contributed by atoms with Crippen molar-refractivity contribution in [3.05, 3.63) is 64.4 Å². The number of carbonyl (C=O) groups excluding carboxylic acids is 2. The molecular formula is C25H32BrFN4O4S. The first-order valence-electron chi connectivity index (χ1n) is 11.8. The Hall–Kier alpha value is -2.50. The summed E-state index contributed by atoms with van der Waals surface area (Å²) in [6, 6.07) is 11.5. The fourth-order valence-corrected chi connectivity index (χ4v) is 5.41. The van der Waals surface area contributed by atoms with Crippen molar-refractivity contribution in [3.63, 3.8) is 0 Å². The molecule has 0 saturated heterocycles. The minimum atomic E-state index is -4.09. The largest absolute Gasteiger partial charge is 0.352 e. The predicted octanol–water partition coefficient (Wildman–Crippen LogP) is 3.68. The number of benzene rings is 2. The Kier molecular flexibility index (Phi) is 9.48. The summed E-state index contributed by atoms with van der Waals surface area (Å²) >= 11 is 3.39. The van der Waals surface area contributed by atoms with Gasteiger partial charge in [-0.3, -0.25) is 9.59 Å². The molecule has 2 aromatic carbocycles. The monoisotopic (exact) mass is 582 g/mol. The summed E-state index contributed by atoms with van der Waals surface area (Å²) in [5, 5.41) is 3.03. The zero-order valence-corrected chi connectivity index (χ0v) is 23.1. The van der Waals surface area contributed by atoms with Gasteiger partial charge in [-0.1, -0.05) is 40.9 Å². The van der Waals surface area contributed by atoms with Gasteiger partial charge in [-0.25, -0.2) is 8.70 Å². The van der Waals surface area contributed by atoms with Crippen molar-refractivity contribution < 1.29 is 22.4 Å².